The predicted molar refractivity (Wildman–Crippen MR) is 101 cm³/mol. The molecule has 1 N–H and O–H groups in total. The number of carbonyl (C=O) groups excluding carboxylic acids is 2. The summed E-state index contributed by atoms with van der Waals surface area (Å²) in [6, 6.07) is 8.77. The molecule has 1 atom stereocenters. The first-order chi connectivity index (χ1) is 11.8. The Morgan fingerprint density at radius 3 is 2.72 bits per heavy atom. The van der Waals surface area contributed by atoms with Gasteiger partial charge in [0.15, 0.2) is 9.84 Å². The van der Waals surface area contributed by atoms with Crippen LogP contribution in [0.5, 0.6) is 0 Å². The van der Waals surface area contributed by atoms with E-state index < -0.39 is 21.8 Å². The molecule has 2 amide bonds. The Morgan fingerprint density at radius 2 is 2.08 bits per heavy atom. The number of hydrogen-bond donors (Lipinski definition) is 1. The Hall–Kier alpha value is -1.97. The second-order valence-electron chi connectivity index (χ2n) is 5.51. The van der Waals surface area contributed by atoms with E-state index in [1.165, 1.54) is 11.0 Å². The number of nitrogens with one attached hydrogen (secondary N) is 1. The van der Waals surface area contributed by atoms with Gasteiger partial charge < -0.3 is 5.32 Å². The van der Waals surface area contributed by atoms with E-state index in [-0.39, 0.29) is 18.2 Å². The molecule has 6 nitrogen and oxygen atoms in total. The lowest BCUT2D eigenvalue weighted by molar-refractivity contribution is -0.128. The van der Waals surface area contributed by atoms with E-state index in [2.05, 4.69) is 5.32 Å². The molecule has 1 saturated heterocycles. The number of nitrogens with zero attached hydrogens (tertiary/aromatic N) is 1. The van der Waals surface area contributed by atoms with Crippen molar-refractivity contribution < 1.29 is 18.0 Å². The maximum absolute atomic E-state index is 12.5. The Bertz CT molecular complexity index is 891. The van der Waals surface area contributed by atoms with Crippen molar-refractivity contribution in [1.82, 2.24) is 10.2 Å². The molecule has 2 aliphatic rings. The number of thiocarbonyl (C=S) groups is 1. The molecular weight excluding hydrogens is 380 g/mol. The third kappa shape index (κ3) is 4.36. The maximum atomic E-state index is 12.5. The predicted octanol–water partition coefficient (Wildman–Crippen LogP) is 1.31. The van der Waals surface area contributed by atoms with Gasteiger partial charge in [-0.25, -0.2) is 8.42 Å². The minimum absolute atomic E-state index is 0.162. The molecule has 2 heterocycles. The van der Waals surface area contributed by atoms with E-state index >= 15 is 0 Å². The highest BCUT2D eigenvalue weighted by Gasteiger charge is 2.34. The smallest absolute Gasteiger partial charge is 0.266 e. The van der Waals surface area contributed by atoms with Gasteiger partial charge >= 0.3 is 0 Å². The molecule has 0 unspecified atom stereocenters. The lowest BCUT2D eigenvalue weighted by Crippen LogP contribution is -2.43. The molecule has 130 valence electrons. The van der Waals surface area contributed by atoms with Crippen molar-refractivity contribution in [2.24, 2.45) is 0 Å². The van der Waals surface area contributed by atoms with Crippen molar-refractivity contribution in [1.29, 1.82) is 0 Å². The molecule has 1 aromatic rings. The summed E-state index contributed by atoms with van der Waals surface area (Å²) in [5.74, 6) is -0.946. The number of benzene rings is 1. The van der Waals surface area contributed by atoms with E-state index in [0.29, 0.717) is 9.23 Å². The van der Waals surface area contributed by atoms with Crippen LogP contribution in [0, 0.1) is 0 Å². The molecular formula is C16H14N2O4S3. The van der Waals surface area contributed by atoms with E-state index in [4.69, 9.17) is 12.2 Å². The summed E-state index contributed by atoms with van der Waals surface area (Å²) in [6.07, 6.45) is 3.15. The maximum Gasteiger partial charge on any atom is 0.266 e. The van der Waals surface area contributed by atoms with E-state index in [9.17, 15) is 18.0 Å². The zero-order valence-corrected chi connectivity index (χ0v) is 15.4. The summed E-state index contributed by atoms with van der Waals surface area (Å²) in [7, 11) is -3.25. The highest BCUT2D eigenvalue weighted by atomic mass is 32.2. The molecule has 3 rings (SSSR count). The second-order valence-corrected chi connectivity index (χ2v) is 9.12. The average Bonchev–Trinajstić information content (AvgIpc) is 3.02. The van der Waals surface area contributed by atoms with Crippen LogP contribution in [0.1, 0.15) is 5.56 Å². The van der Waals surface area contributed by atoms with Crippen molar-refractivity contribution in [3.63, 3.8) is 0 Å². The fourth-order valence-electron chi connectivity index (χ4n) is 2.40. The lowest BCUT2D eigenvalue weighted by Gasteiger charge is -2.16. The third-order valence-corrected chi connectivity index (χ3v) is 6.32. The van der Waals surface area contributed by atoms with Crippen molar-refractivity contribution in [3.8, 4) is 0 Å². The number of thioether (sulfide) groups is 1. The van der Waals surface area contributed by atoms with Gasteiger partial charge in [0.2, 0.25) is 5.91 Å². The van der Waals surface area contributed by atoms with Crippen LogP contribution in [-0.4, -0.2) is 47.8 Å². The Labute approximate surface area is 154 Å². The van der Waals surface area contributed by atoms with Gasteiger partial charge in [-0.2, -0.15) is 0 Å². The topological polar surface area (TPSA) is 83.6 Å². The lowest BCUT2D eigenvalue weighted by atomic mass is 10.2. The Balaban J connectivity index is 1.64. The average molecular weight is 394 g/mol. The third-order valence-electron chi connectivity index (χ3n) is 3.55. The van der Waals surface area contributed by atoms with Gasteiger partial charge in [0.1, 0.15) is 10.9 Å². The van der Waals surface area contributed by atoms with Crippen LogP contribution in [-0.2, 0) is 19.4 Å². The van der Waals surface area contributed by atoms with Crippen LogP contribution in [0.4, 0.5) is 0 Å². The highest BCUT2D eigenvalue weighted by Crippen LogP contribution is 2.32. The molecule has 0 radical (unpaired) electrons. The van der Waals surface area contributed by atoms with Gasteiger partial charge in [-0.3, -0.25) is 14.5 Å². The van der Waals surface area contributed by atoms with E-state index in [1.54, 1.807) is 6.08 Å². The molecule has 9 heteroatoms. The zero-order valence-electron chi connectivity index (χ0n) is 12.9. The van der Waals surface area contributed by atoms with Crippen LogP contribution >= 0.6 is 24.0 Å². The molecule has 0 spiro atoms. The number of amides is 2. The summed E-state index contributed by atoms with van der Waals surface area (Å²) in [5, 5.41) is 3.66. The molecule has 1 aromatic carbocycles. The van der Waals surface area contributed by atoms with Crippen LogP contribution in [0.2, 0.25) is 0 Å². The van der Waals surface area contributed by atoms with Crippen LogP contribution in [0.3, 0.4) is 0 Å². The molecule has 25 heavy (non-hydrogen) atoms. The molecule has 2 aliphatic heterocycles. The van der Waals surface area contributed by atoms with Gasteiger partial charge in [0, 0.05) is 5.41 Å². The van der Waals surface area contributed by atoms with Gasteiger partial charge in [-0.15, -0.1) is 0 Å². The first-order valence-corrected chi connectivity index (χ1v) is 10.3. The fourth-order valence-corrected chi connectivity index (χ4v) is 4.89. The van der Waals surface area contributed by atoms with Crippen LogP contribution in [0.15, 0.2) is 46.7 Å². The highest BCUT2D eigenvalue weighted by molar-refractivity contribution is 8.26. The minimum atomic E-state index is -3.25. The first-order valence-electron chi connectivity index (χ1n) is 7.35. The van der Waals surface area contributed by atoms with Gasteiger partial charge in [0.05, 0.1) is 16.7 Å². The summed E-state index contributed by atoms with van der Waals surface area (Å²) in [5.41, 5.74) is 0.869. The first kappa shape index (κ1) is 17.8. The van der Waals surface area contributed by atoms with Crippen LogP contribution < -0.4 is 5.32 Å². The molecule has 0 bridgehead atoms. The van der Waals surface area contributed by atoms with Gasteiger partial charge in [0.25, 0.3) is 5.91 Å². The quantitative estimate of drug-likeness (QED) is 0.613. The summed E-state index contributed by atoms with van der Waals surface area (Å²) < 4.78 is 23.0. The number of hydrogen-bond acceptors (Lipinski definition) is 6. The van der Waals surface area contributed by atoms with Crippen molar-refractivity contribution in [2.75, 3.05) is 12.3 Å². The van der Waals surface area contributed by atoms with Crippen molar-refractivity contribution in [3.05, 3.63) is 52.3 Å². The number of sulfone groups is 1. The van der Waals surface area contributed by atoms with Gasteiger partial charge in [-0.05, 0) is 17.7 Å². The zero-order chi connectivity index (χ0) is 18.0. The standard InChI is InChI=1S/C16H14N2O4S3/c19-14(17-12-6-7-25(21,22)10-12)9-18-15(20)13(24-16(18)23)8-11-4-2-1-3-5-11/h1-8,12H,9-10H2,(H,17,19)/b13-8+/t12-/m1/s1. The summed E-state index contributed by atoms with van der Waals surface area (Å²) >= 11 is 6.33. The normalized spacial score (nSPS) is 23.4. The van der Waals surface area contributed by atoms with E-state index in [0.717, 1.165) is 22.7 Å². The Kier molecular flexibility index (Phi) is 5.07. The largest absolute Gasteiger partial charge is 0.347 e. The number of rotatable bonds is 4. The minimum Gasteiger partial charge on any atom is -0.347 e. The summed E-state index contributed by atoms with van der Waals surface area (Å²) in [4.78, 5) is 26.2. The fraction of sp³-hybridized carbons (Fsp3) is 0.188. The second kappa shape index (κ2) is 7.11. The molecule has 0 aromatic heterocycles. The van der Waals surface area contributed by atoms with Crippen molar-refractivity contribution >= 4 is 56.0 Å². The Morgan fingerprint density at radius 1 is 1.36 bits per heavy atom. The van der Waals surface area contributed by atoms with E-state index in [1.807, 2.05) is 30.3 Å². The SMILES string of the molecule is O=C(CN1C(=O)/C(=C\c2ccccc2)SC1=S)N[C@@H]1C=CS(=O)(=O)C1. The monoisotopic (exact) mass is 394 g/mol. The molecule has 0 saturated carbocycles. The molecule has 1 fully saturated rings. The van der Waals surface area contributed by atoms with Crippen molar-refractivity contribution in [2.45, 2.75) is 6.04 Å². The van der Waals surface area contributed by atoms with Gasteiger partial charge in [-0.1, -0.05) is 54.3 Å². The molecule has 0 aliphatic carbocycles. The summed E-state index contributed by atoms with van der Waals surface area (Å²) in [6.45, 7) is -0.235. The number of carbonyl (C=O) groups is 2. The van der Waals surface area contributed by atoms with Crippen LogP contribution in [0.25, 0.3) is 6.08 Å².